The predicted octanol–water partition coefficient (Wildman–Crippen LogP) is 0.964. The van der Waals surface area contributed by atoms with Gasteiger partial charge < -0.3 is 15.0 Å². The second-order valence-electron chi connectivity index (χ2n) is 7.20. The molecule has 2 atom stereocenters. The zero-order valence-electron chi connectivity index (χ0n) is 15.7. The van der Waals surface area contributed by atoms with E-state index in [2.05, 4.69) is 20.6 Å². The van der Waals surface area contributed by atoms with Gasteiger partial charge in [0.25, 0.3) is 11.8 Å². The van der Waals surface area contributed by atoms with E-state index in [1.165, 1.54) is 22.8 Å². The van der Waals surface area contributed by atoms with Crippen molar-refractivity contribution in [3.63, 3.8) is 0 Å². The van der Waals surface area contributed by atoms with Crippen molar-refractivity contribution in [3.05, 3.63) is 23.1 Å². The Balaban J connectivity index is 1.53. The SMILES string of the molecule is CN1C(=O)[C@@H](NC(=O)c2n[nH]c3c2C[C@@H](C(F)(F)F)CC3)COc2c1cnn2C. The second kappa shape index (κ2) is 6.78. The number of amides is 2. The molecule has 0 spiro atoms. The highest BCUT2D eigenvalue weighted by molar-refractivity contribution is 6.03. The normalized spacial score (nSPS) is 21.8. The van der Waals surface area contributed by atoms with E-state index in [0.29, 0.717) is 17.3 Å². The molecular formula is C17H19F3N6O3. The average Bonchev–Trinajstić information content (AvgIpc) is 3.23. The molecule has 2 N–H and O–H groups in total. The zero-order chi connectivity index (χ0) is 20.9. The van der Waals surface area contributed by atoms with Gasteiger partial charge in [0.2, 0.25) is 5.88 Å². The van der Waals surface area contributed by atoms with Gasteiger partial charge in [-0.05, 0) is 19.3 Å². The molecule has 0 aromatic carbocycles. The maximum Gasteiger partial charge on any atom is 0.392 e. The summed E-state index contributed by atoms with van der Waals surface area (Å²) in [6.45, 7) is -0.140. The number of fused-ring (bicyclic) bond motifs is 2. The molecule has 1 aliphatic heterocycles. The van der Waals surface area contributed by atoms with Crippen LogP contribution in [0.4, 0.5) is 18.9 Å². The maximum absolute atomic E-state index is 13.1. The van der Waals surface area contributed by atoms with Gasteiger partial charge in [-0.2, -0.15) is 23.4 Å². The number of aromatic amines is 1. The Morgan fingerprint density at radius 3 is 2.86 bits per heavy atom. The first-order chi connectivity index (χ1) is 13.7. The van der Waals surface area contributed by atoms with E-state index in [-0.39, 0.29) is 37.1 Å². The van der Waals surface area contributed by atoms with E-state index < -0.39 is 30.0 Å². The first-order valence-corrected chi connectivity index (χ1v) is 9.03. The summed E-state index contributed by atoms with van der Waals surface area (Å²) in [6.07, 6.45) is -3.07. The van der Waals surface area contributed by atoms with Gasteiger partial charge in [-0.1, -0.05) is 0 Å². The number of likely N-dealkylation sites (N-methyl/N-ethyl adjacent to an activating group) is 1. The lowest BCUT2D eigenvalue weighted by molar-refractivity contribution is -0.177. The summed E-state index contributed by atoms with van der Waals surface area (Å²) < 4.78 is 46.4. The van der Waals surface area contributed by atoms with Crippen LogP contribution in [0.1, 0.15) is 28.2 Å². The van der Waals surface area contributed by atoms with Gasteiger partial charge in [0, 0.05) is 25.4 Å². The number of anilines is 1. The van der Waals surface area contributed by atoms with E-state index in [1.54, 1.807) is 7.05 Å². The second-order valence-corrected chi connectivity index (χ2v) is 7.20. The van der Waals surface area contributed by atoms with Crippen molar-refractivity contribution in [2.24, 2.45) is 13.0 Å². The molecule has 2 amide bonds. The number of halogens is 3. The minimum absolute atomic E-state index is 0.0498. The number of hydrogen-bond acceptors (Lipinski definition) is 5. The molecule has 0 unspecified atom stereocenters. The molecule has 4 rings (SSSR count). The molecule has 0 radical (unpaired) electrons. The quantitative estimate of drug-likeness (QED) is 0.765. The number of nitrogens with zero attached hydrogens (tertiary/aromatic N) is 4. The largest absolute Gasteiger partial charge is 0.474 e. The fourth-order valence-corrected chi connectivity index (χ4v) is 3.69. The summed E-state index contributed by atoms with van der Waals surface area (Å²) in [5, 5.41) is 13.1. The Kier molecular flexibility index (Phi) is 4.50. The van der Waals surface area contributed by atoms with Crippen LogP contribution in [0.3, 0.4) is 0 Å². The summed E-state index contributed by atoms with van der Waals surface area (Å²) in [4.78, 5) is 26.8. The standard InChI is InChI=1S/C17H19F3N6O3/c1-25-12-6-21-26(2)16(12)29-7-11(15(25)28)22-14(27)13-9-5-8(17(18,19)20)3-4-10(9)23-24-13/h6,8,11H,3-5,7H2,1-2H3,(H,22,27)(H,23,24)/t8-,11-/m0/s1. The van der Waals surface area contributed by atoms with Crippen molar-refractivity contribution in [2.75, 3.05) is 18.6 Å². The van der Waals surface area contributed by atoms with Crippen LogP contribution in [0.25, 0.3) is 0 Å². The number of H-pyrrole nitrogens is 1. The number of hydrogen-bond donors (Lipinski definition) is 2. The fraction of sp³-hybridized carbons (Fsp3) is 0.529. The minimum atomic E-state index is -4.34. The van der Waals surface area contributed by atoms with Crippen LogP contribution in [0.5, 0.6) is 5.88 Å². The molecular weight excluding hydrogens is 393 g/mol. The van der Waals surface area contributed by atoms with Gasteiger partial charge >= 0.3 is 6.18 Å². The van der Waals surface area contributed by atoms with E-state index >= 15 is 0 Å². The van der Waals surface area contributed by atoms with Crippen LogP contribution in [-0.2, 0) is 24.7 Å². The minimum Gasteiger partial charge on any atom is -0.474 e. The Bertz CT molecular complexity index is 966. The third-order valence-electron chi connectivity index (χ3n) is 5.37. The van der Waals surface area contributed by atoms with Gasteiger partial charge in [0.15, 0.2) is 5.69 Å². The summed E-state index contributed by atoms with van der Waals surface area (Å²) >= 11 is 0. The lowest BCUT2D eigenvalue weighted by Crippen LogP contribution is -2.49. The summed E-state index contributed by atoms with van der Waals surface area (Å²) in [5.41, 5.74) is 1.11. The first kappa shape index (κ1) is 19.3. The van der Waals surface area contributed by atoms with Gasteiger partial charge in [0.05, 0.1) is 12.1 Å². The topological polar surface area (TPSA) is 105 Å². The third-order valence-corrected chi connectivity index (χ3v) is 5.37. The smallest absolute Gasteiger partial charge is 0.392 e. The van der Waals surface area contributed by atoms with Crippen LogP contribution in [0.15, 0.2) is 6.20 Å². The van der Waals surface area contributed by atoms with Crippen LogP contribution in [0, 0.1) is 5.92 Å². The number of alkyl halides is 3. The molecule has 0 saturated carbocycles. The highest BCUT2D eigenvalue weighted by atomic mass is 19.4. The maximum atomic E-state index is 13.1. The summed E-state index contributed by atoms with van der Waals surface area (Å²) in [7, 11) is 3.18. The molecule has 156 valence electrons. The van der Waals surface area contributed by atoms with Crippen LogP contribution in [-0.4, -0.2) is 57.7 Å². The van der Waals surface area contributed by atoms with E-state index in [0.717, 1.165) is 0 Å². The fourth-order valence-electron chi connectivity index (χ4n) is 3.69. The van der Waals surface area contributed by atoms with Gasteiger partial charge in [-0.3, -0.25) is 14.7 Å². The number of aryl methyl sites for hydroxylation is 2. The molecule has 0 saturated heterocycles. The molecule has 9 nitrogen and oxygen atoms in total. The zero-order valence-corrected chi connectivity index (χ0v) is 15.7. The van der Waals surface area contributed by atoms with Crippen molar-refractivity contribution in [3.8, 4) is 5.88 Å². The van der Waals surface area contributed by atoms with E-state index in [4.69, 9.17) is 4.74 Å². The van der Waals surface area contributed by atoms with Crippen molar-refractivity contribution in [1.82, 2.24) is 25.3 Å². The Morgan fingerprint density at radius 2 is 2.14 bits per heavy atom. The number of carbonyl (C=O) groups is 2. The van der Waals surface area contributed by atoms with E-state index in [9.17, 15) is 22.8 Å². The lowest BCUT2D eigenvalue weighted by Gasteiger charge is -2.24. The van der Waals surface area contributed by atoms with Crippen LogP contribution in [0.2, 0.25) is 0 Å². The molecule has 12 heteroatoms. The van der Waals surface area contributed by atoms with Crippen LogP contribution < -0.4 is 15.0 Å². The molecule has 29 heavy (non-hydrogen) atoms. The third kappa shape index (κ3) is 3.32. The molecule has 2 aromatic heterocycles. The Hall–Kier alpha value is -3.05. The van der Waals surface area contributed by atoms with E-state index in [1.807, 2.05) is 0 Å². The monoisotopic (exact) mass is 412 g/mol. The number of rotatable bonds is 2. The Labute approximate surface area is 163 Å². The van der Waals surface area contributed by atoms with Gasteiger partial charge in [0.1, 0.15) is 18.3 Å². The van der Waals surface area contributed by atoms with Crippen LogP contribution >= 0.6 is 0 Å². The van der Waals surface area contributed by atoms with Crippen molar-refractivity contribution in [2.45, 2.75) is 31.5 Å². The molecule has 2 aliphatic rings. The van der Waals surface area contributed by atoms with Crippen molar-refractivity contribution in [1.29, 1.82) is 0 Å². The van der Waals surface area contributed by atoms with Crippen molar-refractivity contribution >= 4 is 17.5 Å². The highest BCUT2D eigenvalue weighted by Crippen LogP contribution is 2.37. The van der Waals surface area contributed by atoms with Gasteiger partial charge in [-0.25, -0.2) is 4.68 Å². The molecule has 2 aromatic rings. The number of nitrogens with one attached hydrogen (secondary N) is 2. The Morgan fingerprint density at radius 1 is 1.38 bits per heavy atom. The summed E-state index contributed by atoms with van der Waals surface area (Å²) in [6, 6.07) is -1.02. The average molecular weight is 412 g/mol. The number of ether oxygens (including phenoxy) is 1. The van der Waals surface area contributed by atoms with Crippen molar-refractivity contribution < 1.29 is 27.5 Å². The first-order valence-electron chi connectivity index (χ1n) is 9.03. The number of aromatic nitrogens is 4. The lowest BCUT2D eigenvalue weighted by atomic mass is 9.86. The van der Waals surface area contributed by atoms with Gasteiger partial charge in [-0.15, -0.1) is 0 Å². The predicted molar refractivity (Wildman–Crippen MR) is 93.5 cm³/mol. The number of carbonyl (C=O) groups excluding carboxylic acids is 2. The molecule has 0 bridgehead atoms. The summed E-state index contributed by atoms with van der Waals surface area (Å²) in [5.74, 6) is -2.29. The highest BCUT2D eigenvalue weighted by Gasteiger charge is 2.43. The molecule has 0 fully saturated rings. The molecule has 1 aliphatic carbocycles. The molecule has 3 heterocycles.